The minimum atomic E-state index is -0.327. The van der Waals surface area contributed by atoms with E-state index in [4.69, 9.17) is 4.74 Å². The number of hydrogen-bond donors (Lipinski definition) is 2. The van der Waals surface area contributed by atoms with Gasteiger partial charge in [0.2, 0.25) is 0 Å². The predicted molar refractivity (Wildman–Crippen MR) is 54.2 cm³/mol. The summed E-state index contributed by atoms with van der Waals surface area (Å²) in [6.07, 6.45) is -0.327. The lowest BCUT2D eigenvalue weighted by Crippen LogP contribution is -2.35. The summed E-state index contributed by atoms with van der Waals surface area (Å²) in [6.45, 7) is 5.80. The van der Waals surface area contributed by atoms with E-state index < -0.39 is 0 Å². The van der Waals surface area contributed by atoms with Crippen LogP contribution in [0.4, 0.5) is 0 Å². The summed E-state index contributed by atoms with van der Waals surface area (Å²) in [5, 5.41) is 13.0. The Morgan fingerprint density at radius 3 is 2.64 bits per heavy atom. The highest BCUT2D eigenvalue weighted by Gasteiger charge is 2.36. The van der Waals surface area contributed by atoms with Crippen LogP contribution in [0, 0.1) is 11.8 Å². The minimum Gasteiger partial charge on any atom is -0.389 e. The molecule has 2 aliphatic heterocycles. The zero-order valence-electron chi connectivity index (χ0n) is 8.78. The van der Waals surface area contributed by atoms with Crippen molar-refractivity contribution in [1.29, 1.82) is 0 Å². The van der Waals surface area contributed by atoms with Gasteiger partial charge in [0.05, 0.1) is 12.7 Å². The van der Waals surface area contributed by atoms with Gasteiger partial charge in [-0.2, -0.15) is 0 Å². The Bertz CT molecular complexity index is 177. The van der Waals surface area contributed by atoms with Crippen molar-refractivity contribution in [3.63, 3.8) is 0 Å². The third-order valence-corrected chi connectivity index (χ3v) is 3.29. The van der Waals surface area contributed by atoms with Gasteiger partial charge in [0.15, 0.2) is 0 Å². The van der Waals surface area contributed by atoms with Crippen LogP contribution in [0.5, 0.6) is 0 Å². The molecule has 3 unspecified atom stereocenters. The Kier molecular flexibility index (Phi) is 3.38. The highest BCUT2D eigenvalue weighted by Crippen LogP contribution is 2.25. The molecule has 82 valence electrons. The van der Waals surface area contributed by atoms with E-state index in [1.165, 1.54) is 0 Å². The van der Waals surface area contributed by atoms with Gasteiger partial charge in [0.1, 0.15) is 0 Å². The van der Waals surface area contributed by atoms with Gasteiger partial charge in [-0.3, -0.25) is 0 Å². The molecule has 2 rings (SSSR count). The molecule has 2 saturated heterocycles. The van der Waals surface area contributed by atoms with Gasteiger partial charge >= 0.3 is 0 Å². The van der Waals surface area contributed by atoms with E-state index in [-0.39, 0.29) is 6.10 Å². The molecule has 2 fully saturated rings. The first-order valence-corrected chi connectivity index (χ1v) is 5.39. The molecule has 0 aromatic carbocycles. The Hall–Kier alpha value is -0.160. The molecule has 0 bridgehead atoms. The molecule has 2 aliphatic rings. The van der Waals surface area contributed by atoms with Crippen molar-refractivity contribution in [2.75, 3.05) is 46.4 Å². The molecule has 0 aliphatic carbocycles. The summed E-state index contributed by atoms with van der Waals surface area (Å²) in [6, 6.07) is 0. The van der Waals surface area contributed by atoms with Crippen LogP contribution in [0.1, 0.15) is 0 Å². The Balaban J connectivity index is 1.73. The number of nitrogens with one attached hydrogen (secondary N) is 1. The molecule has 3 atom stereocenters. The van der Waals surface area contributed by atoms with E-state index in [0.717, 1.165) is 44.6 Å². The number of fused-ring (bicyclic) bond motifs is 1. The molecule has 2 N–H and O–H groups in total. The Morgan fingerprint density at radius 1 is 1.43 bits per heavy atom. The highest BCUT2D eigenvalue weighted by atomic mass is 16.5. The summed E-state index contributed by atoms with van der Waals surface area (Å²) in [4.78, 5) is 2.36. The SMILES string of the molecule is COCC(O)CN1CC2CNCC2C1. The van der Waals surface area contributed by atoms with Crippen molar-refractivity contribution in [2.45, 2.75) is 6.10 Å². The lowest BCUT2D eigenvalue weighted by Gasteiger charge is -2.20. The van der Waals surface area contributed by atoms with Gasteiger partial charge in [0.25, 0.3) is 0 Å². The Labute approximate surface area is 85.2 Å². The fraction of sp³-hybridized carbons (Fsp3) is 1.00. The van der Waals surface area contributed by atoms with Crippen LogP contribution in [0.2, 0.25) is 0 Å². The molecular formula is C10H20N2O2. The topological polar surface area (TPSA) is 44.7 Å². The van der Waals surface area contributed by atoms with Gasteiger partial charge in [-0.1, -0.05) is 0 Å². The summed E-state index contributed by atoms with van der Waals surface area (Å²) in [5.74, 6) is 1.62. The van der Waals surface area contributed by atoms with Crippen molar-refractivity contribution >= 4 is 0 Å². The van der Waals surface area contributed by atoms with Crippen LogP contribution < -0.4 is 5.32 Å². The number of ether oxygens (including phenoxy) is 1. The second kappa shape index (κ2) is 4.57. The first-order chi connectivity index (χ1) is 6.79. The van der Waals surface area contributed by atoms with Gasteiger partial charge in [-0.15, -0.1) is 0 Å². The van der Waals surface area contributed by atoms with Crippen molar-refractivity contribution < 1.29 is 9.84 Å². The largest absolute Gasteiger partial charge is 0.389 e. The van der Waals surface area contributed by atoms with Crippen molar-refractivity contribution in [2.24, 2.45) is 11.8 Å². The maximum Gasteiger partial charge on any atom is 0.0900 e. The second-order valence-corrected chi connectivity index (χ2v) is 4.51. The summed E-state index contributed by atoms with van der Waals surface area (Å²) in [7, 11) is 1.63. The van der Waals surface area contributed by atoms with Crippen LogP contribution in [-0.4, -0.2) is 62.6 Å². The summed E-state index contributed by atoms with van der Waals surface area (Å²) >= 11 is 0. The van der Waals surface area contributed by atoms with Crippen LogP contribution in [0.15, 0.2) is 0 Å². The van der Waals surface area contributed by atoms with Crippen molar-refractivity contribution in [3.8, 4) is 0 Å². The zero-order chi connectivity index (χ0) is 9.97. The molecule has 0 radical (unpaired) electrons. The molecule has 0 aromatic heterocycles. The van der Waals surface area contributed by atoms with E-state index in [0.29, 0.717) is 6.61 Å². The average Bonchev–Trinajstić information content (AvgIpc) is 2.63. The van der Waals surface area contributed by atoms with E-state index in [9.17, 15) is 5.11 Å². The third-order valence-electron chi connectivity index (χ3n) is 3.29. The number of likely N-dealkylation sites (tertiary alicyclic amines) is 1. The Morgan fingerprint density at radius 2 is 2.07 bits per heavy atom. The fourth-order valence-corrected chi connectivity index (χ4v) is 2.64. The molecule has 0 amide bonds. The molecule has 0 spiro atoms. The first-order valence-electron chi connectivity index (χ1n) is 5.39. The number of rotatable bonds is 4. The normalized spacial score (nSPS) is 34.7. The van der Waals surface area contributed by atoms with Gasteiger partial charge in [0, 0.05) is 26.7 Å². The van der Waals surface area contributed by atoms with Crippen LogP contribution >= 0.6 is 0 Å². The first kappa shape index (κ1) is 10.4. The van der Waals surface area contributed by atoms with E-state index in [1.54, 1.807) is 7.11 Å². The maximum atomic E-state index is 9.59. The number of methoxy groups -OCH3 is 1. The van der Waals surface area contributed by atoms with Crippen molar-refractivity contribution in [3.05, 3.63) is 0 Å². The number of β-amino-alcohol motifs (C(OH)–C–C–N with tert-alkyl or cyclic N) is 1. The van der Waals surface area contributed by atoms with Crippen LogP contribution in [0.25, 0.3) is 0 Å². The third kappa shape index (κ3) is 2.25. The van der Waals surface area contributed by atoms with Gasteiger partial charge in [-0.05, 0) is 24.9 Å². The molecule has 14 heavy (non-hydrogen) atoms. The van der Waals surface area contributed by atoms with Gasteiger partial charge in [-0.25, -0.2) is 0 Å². The number of nitrogens with zero attached hydrogens (tertiary/aromatic N) is 1. The predicted octanol–water partition coefficient (Wildman–Crippen LogP) is -0.855. The molecule has 0 aromatic rings. The van der Waals surface area contributed by atoms with Crippen molar-refractivity contribution in [1.82, 2.24) is 10.2 Å². The molecule has 0 saturated carbocycles. The standard InChI is InChI=1S/C10H20N2O2/c1-14-7-10(13)6-12-4-8-2-11-3-9(8)5-12/h8-11,13H,2-7H2,1H3. The van der Waals surface area contributed by atoms with E-state index in [2.05, 4.69) is 10.2 Å². The highest BCUT2D eigenvalue weighted by molar-refractivity contribution is 4.91. The number of hydrogen-bond acceptors (Lipinski definition) is 4. The quantitative estimate of drug-likeness (QED) is 0.620. The maximum absolute atomic E-state index is 9.59. The molecular weight excluding hydrogens is 180 g/mol. The number of aliphatic hydroxyl groups is 1. The molecule has 4 heteroatoms. The summed E-state index contributed by atoms with van der Waals surface area (Å²) < 4.78 is 4.92. The molecule has 2 heterocycles. The van der Waals surface area contributed by atoms with Gasteiger partial charge < -0.3 is 20.1 Å². The van der Waals surface area contributed by atoms with E-state index in [1.807, 2.05) is 0 Å². The van der Waals surface area contributed by atoms with Crippen LogP contribution in [-0.2, 0) is 4.74 Å². The second-order valence-electron chi connectivity index (χ2n) is 4.51. The number of aliphatic hydroxyl groups excluding tert-OH is 1. The zero-order valence-corrected chi connectivity index (χ0v) is 8.78. The minimum absolute atomic E-state index is 0.327. The van der Waals surface area contributed by atoms with Crippen LogP contribution in [0.3, 0.4) is 0 Å². The lowest BCUT2D eigenvalue weighted by atomic mass is 10.0. The lowest BCUT2D eigenvalue weighted by molar-refractivity contribution is 0.0414. The average molecular weight is 200 g/mol. The fourth-order valence-electron chi connectivity index (χ4n) is 2.64. The smallest absolute Gasteiger partial charge is 0.0900 e. The van der Waals surface area contributed by atoms with E-state index >= 15 is 0 Å². The monoisotopic (exact) mass is 200 g/mol. The summed E-state index contributed by atoms with van der Waals surface area (Å²) in [5.41, 5.74) is 0. The molecule has 4 nitrogen and oxygen atoms in total.